The molecule has 0 spiro atoms. The van der Waals surface area contributed by atoms with Crippen molar-refractivity contribution in [3.8, 4) is 0 Å². The zero-order valence-corrected chi connectivity index (χ0v) is 33.0. The summed E-state index contributed by atoms with van der Waals surface area (Å²) in [5, 5.41) is 6.70. The lowest BCUT2D eigenvalue weighted by Gasteiger charge is -2.35. The van der Waals surface area contributed by atoms with Crippen molar-refractivity contribution in [3.05, 3.63) is 144 Å². The number of rotatable bonds is 11. The molecule has 0 bridgehead atoms. The summed E-state index contributed by atoms with van der Waals surface area (Å²) in [6.07, 6.45) is 7.81. The van der Waals surface area contributed by atoms with Crippen molar-refractivity contribution < 1.29 is 28.7 Å². The van der Waals surface area contributed by atoms with Gasteiger partial charge >= 0.3 is 12.2 Å². The molecule has 58 heavy (non-hydrogen) atoms. The molecule has 2 saturated heterocycles. The van der Waals surface area contributed by atoms with Gasteiger partial charge in [-0.15, -0.1) is 0 Å². The summed E-state index contributed by atoms with van der Waals surface area (Å²) in [5.74, 6) is -0.166. The number of hydrogen-bond acceptors (Lipinski definition) is 6. The molecule has 2 saturated carbocycles. The first-order valence-corrected chi connectivity index (χ1v) is 21.1. The third-order valence-corrected chi connectivity index (χ3v) is 12.9. The second-order valence-corrected chi connectivity index (χ2v) is 16.4. The van der Waals surface area contributed by atoms with Crippen LogP contribution < -0.4 is 10.6 Å². The van der Waals surface area contributed by atoms with Crippen molar-refractivity contribution in [2.75, 3.05) is 0 Å². The van der Waals surface area contributed by atoms with Gasteiger partial charge in [0.2, 0.25) is 11.8 Å². The summed E-state index contributed by atoms with van der Waals surface area (Å²) in [6, 6.07) is 35.4. The van der Waals surface area contributed by atoms with Crippen molar-refractivity contribution in [2.24, 2.45) is 11.8 Å². The number of carbonyl (C=O) groups excluding carboxylic acids is 4. The number of fused-ring (bicyclic) bond motifs is 2. The van der Waals surface area contributed by atoms with Crippen molar-refractivity contribution in [2.45, 2.75) is 114 Å². The summed E-state index contributed by atoms with van der Waals surface area (Å²) in [5.41, 5.74) is 3.37. The fourth-order valence-electron chi connectivity index (χ4n) is 10.0. The quantitative estimate of drug-likeness (QED) is 0.157. The zero-order valence-electron chi connectivity index (χ0n) is 33.0. The van der Waals surface area contributed by atoms with E-state index < -0.39 is 36.4 Å². The summed E-state index contributed by atoms with van der Waals surface area (Å²) in [4.78, 5) is 60.9. The van der Waals surface area contributed by atoms with Gasteiger partial charge in [-0.3, -0.25) is 19.4 Å². The fraction of sp³-hybridized carbons (Fsp3) is 0.417. The highest BCUT2D eigenvalue weighted by Gasteiger charge is 2.51. The Morgan fingerprint density at radius 1 is 0.500 bits per heavy atom. The van der Waals surface area contributed by atoms with E-state index in [1.165, 1.54) is 0 Å². The maximum absolute atomic E-state index is 14.8. The highest BCUT2D eigenvalue weighted by Crippen LogP contribution is 2.43. The van der Waals surface area contributed by atoms with Crippen LogP contribution >= 0.6 is 0 Å². The molecule has 0 aromatic heterocycles. The Morgan fingerprint density at radius 2 is 0.845 bits per heavy atom. The summed E-state index contributed by atoms with van der Waals surface area (Å²) in [6.45, 7) is 0.243. The van der Waals surface area contributed by atoms with E-state index in [4.69, 9.17) is 9.47 Å². The van der Waals surface area contributed by atoms with Crippen LogP contribution in [0.2, 0.25) is 0 Å². The molecular formula is C48H54N4O6. The second kappa shape index (κ2) is 18.3. The average molecular weight is 783 g/mol. The molecule has 0 unspecified atom stereocenters. The van der Waals surface area contributed by atoms with Gasteiger partial charge in [0, 0.05) is 12.1 Å². The van der Waals surface area contributed by atoms with E-state index >= 15 is 0 Å². The predicted octanol–water partition coefficient (Wildman–Crippen LogP) is 8.64. The molecule has 0 radical (unpaired) electrons. The topological polar surface area (TPSA) is 117 Å². The first kappa shape index (κ1) is 39.2. The lowest BCUT2D eigenvalue weighted by atomic mass is 9.84. The molecule has 2 N–H and O–H groups in total. The first-order valence-electron chi connectivity index (χ1n) is 21.1. The van der Waals surface area contributed by atoms with E-state index in [9.17, 15) is 19.2 Å². The molecule has 8 rings (SSSR count). The summed E-state index contributed by atoms with van der Waals surface area (Å²) >= 11 is 0. The van der Waals surface area contributed by atoms with Gasteiger partial charge in [0.1, 0.15) is 25.3 Å². The van der Waals surface area contributed by atoms with Gasteiger partial charge in [-0.2, -0.15) is 0 Å². The van der Waals surface area contributed by atoms with Crippen LogP contribution in [0.3, 0.4) is 0 Å². The summed E-state index contributed by atoms with van der Waals surface area (Å²) in [7, 11) is 0. The molecule has 4 aliphatic rings. The van der Waals surface area contributed by atoms with Crippen LogP contribution in [0.4, 0.5) is 9.59 Å². The van der Waals surface area contributed by atoms with E-state index in [-0.39, 0.29) is 48.9 Å². The number of benzene rings is 4. The second-order valence-electron chi connectivity index (χ2n) is 16.4. The maximum atomic E-state index is 14.8. The molecule has 8 atom stereocenters. The molecule has 2 heterocycles. The molecule has 10 heteroatoms. The van der Waals surface area contributed by atoms with Gasteiger partial charge < -0.3 is 20.1 Å². The maximum Gasteiger partial charge on any atom is 0.411 e. The van der Waals surface area contributed by atoms with Gasteiger partial charge in [-0.25, -0.2) is 9.59 Å². The molecule has 2 aliphatic carbocycles. The number of nitrogens with zero attached hydrogens (tertiary/aromatic N) is 2. The van der Waals surface area contributed by atoms with Crippen LogP contribution in [-0.2, 0) is 32.3 Å². The van der Waals surface area contributed by atoms with E-state index in [0.717, 1.165) is 73.6 Å². The van der Waals surface area contributed by atoms with Crippen molar-refractivity contribution in [1.29, 1.82) is 0 Å². The lowest BCUT2D eigenvalue weighted by molar-refractivity contribution is -0.129. The number of ether oxygens (including phenoxy) is 2. The minimum Gasteiger partial charge on any atom is -0.445 e. The van der Waals surface area contributed by atoms with Crippen molar-refractivity contribution in [1.82, 2.24) is 20.4 Å². The van der Waals surface area contributed by atoms with Crippen LogP contribution in [0.1, 0.15) is 98.5 Å². The molecule has 4 aromatic rings. The number of hydrogen-bond donors (Lipinski definition) is 2. The largest absolute Gasteiger partial charge is 0.445 e. The Bertz CT molecular complexity index is 1850. The Morgan fingerprint density at radius 3 is 1.22 bits per heavy atom. The summed E-state index contributed by atoms with van der Waals surface area (Å²) < 4.78 is 11.8. The monoisotopic (exact) mass is 782 g/mol. The zero-order chi connectivity index (χ0) is 39.8. The van der Waals surface area contributed by atoms with Gasteiger partial charge in [0.15, 0.2) is 0 Å². The normalized spacial score (nSPS) is 24.8. The molecule has 4 fully saturated rings. The van der Waals surface area contributed by atoms with Gasteiger partial charge in [-0.05, 0) is 72.6 Å². The van der Waals surface area contributed by atoms with Gasteiger partial charge in [0.25, 0.3) is 0 Å². The van der Waals surface area contributed by atoms with Gasteiger partial charge in [0.05, 0.1) is 12.1 Å². The van der Waals surface area contributed by atoms with Gasteiger partial charge in [-0.1, -0.05) is 147 Å². The highest BCUT2D eigenvalue weighted by molar-refractivity contribution is 5.88. The Hall–Kier alpha value is -5.64. The number of nitrogens with one attached hydrogen (secondary N) is 2. The van der Waals surface area contributed by atoms with Crippen LogP contribution in [-0.4, -0.2) is 58.0 Å². The van der Waals surface area contributed by atoms with Crippen LogP contribution in [0.5, 0.6) is 0 Å². The molecule has 4 aromatic carbocycles. The fourth-order valence-corrected chi connectivity index (χ4v) is 10.0. The van der Waals surface area contributed by atoms with Crippen LogP contribution in [0.25, 0.3) is 0 Å². The Kier molecular flexibility index (Phi) is 12.4. The number of likely N-dealkylation sites (tertiary alicyclic amines) is 2. The van der Waals surface area contributed by atoms with E-state index in [2.05, 4.69) is 10.6 Å². The minimum absolute atomic E-state index is 0.0777. The Balaban J connectivity index is 1.07. The molecule has 2 aliphatic heterocycles. The van der Waals surface area contributed by atoms with Crippen molar-refractivity contribution >= 4 is 24.0 Å². The van der Waals surface area contributed by atoms with Crippen molar-refractivity contribution in [3.63, 3.8) is 0 Å². The Labute approximate surface area is 341 Å². The predicted molar refractivity (Wildman–Crippen MR) is 220 cm³/mol. The third-order valence-electron chi connectivity index (χ3n) is 12.9. The first-order chi connectivity index (χ1) is 28.4. The van der Waals surface area contributed by atoms with E-state index in [1.54, 1.807) is 9.80 Å². The lowest BCUT2D eigenvalue weighted by Crippen LogP contribution is -2.53. The van der Waals surface area contributed by atoms with Crippen LogP contribution in [0.15, 0.2) is 121 Å². The number of carbonyl (C=O) groups is 4. The SMILES string of the molecule is O=C(N[C@@H](c1ccccc1)[C@@H](NC(=O)[C@@H]1C[C@@H]2CCCC[C@@H]2N1C(=O)OCc1ccccc1)c1ccccc1)[C@@H]1C[C@@H]2CCCC[C@@H]2N1C(=O)OCc1ccccc1. The number of amides is 4. The molecule has 4 amide bonds. The third kappa shape index (κ3) is 8.76. The molecule has 302 valence electrons. The van der Waals surface area contributed by atoms with E-state index in [1.807, 2.05) is 121 Å². The standard InChI is InChI=1S/C48H54N4O6/c53-45(41-29-37-25-13-15-27-39(37)51(41)47(55)57-31-33-17-5-1-6-18-33)49-43(35-21-9-3-10-22-35)44(36-23-11-4-12-24-36)50-46(54)42-30-38-26-14-16-28-40(38)52(42)48(56)58-32-34-19-7-2-8-20-34/h1-12,17-24,37-44H,13-16,25-32H2,(H,49,53)(H,50,54)/t37-,38-,39-,40-,41-,42-,43-,44-/m0/s1. The average Bonchev–Trinajstić information content (AvgIpc) is 3.87. The van der Waals surface area contributed by atoms with E-state index in [0.29, 0.717) is 12.8 Å². The van der Waals surface area contributed by atoms with Crippen LogP contribution in [0, 0.1) is 11.8 Å². The highest BCUT2D eigenvalue weighted by atomic mass is 16.6. The molecule has 10 nitrogen and oxygen atoms in total. The minimum atomic E-state index is -0.734. The molecular weight excluding hydrogens is 729 g/mol. The smallest absolute Gasteiger partial charge is 0.411 e.